The Kier molecular flexibility index (Phi) is 4.23. The van der Waals surface area contributed by atoms with Gasteiger partial charge < -0.3 is 9.47 Å². The maximum absolute atomic E-state index is 13.1. The molecule has 2 aliphatic rings. The molecule has 152 valence electrons. The van der Waals surface area contributed by atoms with E-state index in [1.54, 1.807) is 17.0 Å². The molecule has 9 heteroatoms. The van der Waals surface area contributed by atoms with Gasteiger partial charge >= 0.3 is 11.2 Å². The molecule has 4 heterocycles. The zero-order valence-corrected chi connectivity index (χ0v) is 16.0. The van der Waals surface area contributed by atoms with E-state index in [4.69, 9.17) is 0 Å². The Bertz CT molecular complexity index is 1200. The largest absolute Gasteiger partial charge is 0.336 e. The number of nitrogens with one attached hydrogen (secondary N) is 1. The Labute approximate surface area is 171 Å². The van der Waals surface area contributed by atoms with Crippen molar-refractivity contribution in [1.29, 1.82) is 0 Å². The average molecular weight is 405 g/mol. The first kappa shape index (κ1) is 18.3. The van der Waals surface area contributed by atoms with Crippen molar-refractivity contribution in [2.24, 2.45) is 5.92 Å². The van der Waals surface area contributed by atoms with Crippen LogP contribution in [0.5, 0.6) is 0 Å². The number of hydrogen-bond acceptors (Lipinski definition) is 5. The molecule has 1 N–H and O–H groups in total. The second-order valence-electron chi connectivity index (χ2n) is 7.86. The van der Waals surface area contributed by atoms with E-state index in [0.717, 1.165) is 17.7 Å². The normalized spacial score (nSPS) is 19.9. The van der Waals surface area contributed by atoms with Gasteiger partial charge in [0.15, 0.2) is 0 Å². The molecule has 0 spiro atoms. The lowest BCUT2D eigenvalue weighted by Crippen LogP contribution is -2.49. The summed E-state index contributed by atoms with van der Waals surface area (Å²) in [4.78, 5) is 37.8. The van der Waals surface area contributed by atoms with Gasteiger partial charge in [0.1, 0.15) is 5.69 Å². The van der Waals surface area contributed by atoms with Crippen molar-refractivity contribution in [3.63, 3.8) is 0 Å². The second-order valence-corrected chi connectivity index (χ2v) is 7.86. The minimum absolute atomic E-state index is 0.0218. The van der Waals surface area contributed by atoms with Gasteiger partial charge in [-0.15, -0.1) is 0 Å². The number of aromatic amines is 1. The van der Waals surface area contributed by atoms with Crippen LogP contribution in [-0.4, -0.2) is 43.6 Å². The first-order valence-electron chi connectivity index (χ1n) is 9.79. The second kappa shape index (κ2) is 6.94. The number of amides is 1. The summed E-state index contributed by atoms with van der Waals surface area (Å²) in [6.07, 6.45) is 0.860. The number of pyridine rings is 1. The van der Waals surface area contributed by atoms with Crippen LogP contribution >= 0.6 is 0 Å². The third-order valence-electron chi connectivity index (χ3n) is 5.95. The highest BCUT2D eigenvalue weighted by Gasteiger charge is 2.38. The molecule has 1 saturated heterocycles. The number of nitro groups is 1. The van der Waals surface area contributed by atoms with Gasteiger partial charge in [-0.2, -0.15) is 5.10 Å². The third kappa shape index (κ3) is 2.99. The quantitative estimate of drug-likeness (QED) is 0.531. The highest BCUT2D eigenvalue weighted by molar-refractivity contribution is 5.93. The summed E-state index contributed by atoms with van der Waals surface area (Å²) in [6, 6.07) is 14.3. The number of benzene rings is 1. The summed E-state index contributed by atoms with van der Waals surface area (Å²) in [5.41, 5.74) is 1.85. The summed E-state index contributed by atoms with van der Waals surface area (Å²) in [6.45, 7) is 1.35. The number of rotatable bonds is 3. The average Bonchev–Trinajstić information content (AvgIpc) is 3.24. The van der Waals surface area contributed by atoms with Crippen LogP contribution in [0.4, 0.5) is 5.69 Å². The molecular formula is C21H19N5O4. The number of aromatic nitrogens is 3. The van der Waals surface area contributed by atoms with Crippen molar-refractivity contribution in [1.82, 2.24) is 19.7 Å². The van der Waals surface area contributed by atoms with Crippen LogP contribution in [0.1, 0.15) is 28.5 Å². The van der Waals surface area contributed by atoms with Crippen LogP contribution in [0.15, 0.2) is 53.3 Å². The van der Waals surface area contributed by atoms with E-state index in [0.29, 0.717) is 31.0 Å². The Balaban J connectivity index is 1.40. The number of hydrogen-bond donors (Lipinski definition) is 1. The molecule has 1 amide bonds. The number of likely N-dealkylation sites (tertiary alicyclic amines) is 1. The highest BCUT2D eigenvalue weighted by Crippen LogP contribution is 2.36. The topological polar surface area (TPSA) is 114 Å². The smallest absolute Gasteiger partial charge is 0.334 e. The first-order chi connectivity index (χ1) is 14.5. The van der Waals surface area contributed by atoms with Crippen molar-refractivity contribution >= 4 is 11.6 Å². The molecule has 2 atom stereocenters. The Hall–Kier alpha value is -3.75. The minimum Gasteiger partial charge on any atom is -0.336 e. The van der Waals surface area contributed by atoms with E-state index in [1.165, 1.54) is 10.6 Å². The molecule has 1 fully saturated rings. The number of H-pyrrole nitrogens is 1. The first-order valence-corrected chi connectivity index (χ1v) is 9.79. The lowest BCUT2D eigenvalue weighted by molar-refractivity contribution is -0.386. The van der Waals surface area contributed by atoms with E-state index in [-0.39, 0.29) is 17.7 Å². The van der Waals surface area contributed by atoms with Crippen molar-refractivity contribution in [3.05, 3.63) is 80.4 Å². The molecule has 1 aromatic carbocycles. The Morgan fingerprint density at radius 3 is 2.70 bits per heavy atom. The number of carbonyl (C=O) groups is 1. The van der Waals surface area contributed by atoms with Crippen LogP contribution in [0.2, 0.25) is 0 Å². The number of carbonyl (C=O) groups excluding carboxylic acids is 1. The van der Waals surface area contributed by atoms with Crippen LogP contribution in [0.25, 0.3) is 11.3 Å². The molecule has 0 aliphatic carbocycles. The predicted molar refractivity (Wildman–Crippen MR) is 108 cm³/mol. The minimum atomic E-state index is -0.640. The van der Waals surface area contributed by atoms with Gasteiger partial charge in [0, 0.05) is 42.9 Å². The van der Waals surface area contributed by atoms with Crippen LogP contribution < -0.4 is 5.56 Å². The van der Waals surface area contributed by atoms with Crippen LogP contribution in [0.3, 0.4) is 0 Å². The van der Waals surface area contributed by atoms with E-state index >= 15 is 0 Å². The van der Waals surface area contributed by atoms with Gasteiger partial charge in [-0.05, 0) is 24.5 Å². The standard InChI is InChI=1S/C21H19N5O4/c27-20(17-9-16(22-23-17)14-4-2-1-3-5-14)24-10-13-8-15(12-24)18-6-7-19(26(29)30)21(28)25(18)11-13/h1-7,9,13,15H,8,10-12H2,(H,22,23)/t13-,15-/m0/s1. The summed E-state index contributed by atoms with van der Waals surface area (Å²) in [7, 11) is 0. The summed E-state index contributed by atoms with van der Waals surface area (Å²) < 4.78 is 1.52. The summed E-state index contributed by atoms with van der Waals surface area (Å²) in [5, 5.41) is 18.2. The van der Waals surface area contributed by atoms with E-state index in [9.17, 15) is 19.7 Å². The summed E-state index contributed by atoms with van der Waals surface area (Å²) >= 11 is 0. The van der Waals surface area contributed by atoms with Gasteiger partial charge in [0.05, 0.1) is 10.6 Å². The molecule has 2 aromatic heterocycles. The number of fused-ring (bicyclic) bond motifs is 4. The number of nitrogens with zero attached hydrogens (tertiary/aromatic N) is 4. The molecule has 3 aromatic rings. The van der Waals surface area contributed by atoms with Gasteiger partial charge in [-0.25, -0.2) is 0 Å². The molecule has 2 bridgehead atoms. The van der Waals surface area contributed by atoms with Crippen molar-refractivity contribution in [3.8, 4) is 11.3 Å². The van der Waals surface area contributed by atoms with Crippen molar-refractivity contribution in [2.75, 3.05) is 13.1 Å². The van der Waals surface area contributed by atoms with Crippen molar-refractivity contribution in [2.45, 2.75) is 18.9 Å². The Morgan fingerprint density at radius 1 is 1.13 bits per heavy atom. The van der Waals surface area contributed by atoms with E-state index < -0.39 is 16.2 Å². The van der Waals surface area contributed by atoms with Gasteiger partial charge in [0.25, 0.3) is 5.91 Å². The molecule has 0 radical (unpaired) electrons. The molecule has 2 aliphatic heterocycles. The van der Waals surface area contributed by atoms with Crippen LogP contribution in [-0.2, 0) is 6.54 Å². The lowest BCUT2D eigenvalue weighted by atomic mass is 9.83. The maximum atomic E-state index is 13.1. The predicted octanol–water partition coefficient (Wildman–Crippen LogP) is 2.41. The third-order valence-corrected chi connectivity index (χ3v) is 5.95. The van der Waals surface area contributed by atoms with Crippen LogP contribution in [0, 0.1) is 16.0 Å². The molecule has 0 saturated carbocycles. The zero-order valence-electron chi connectivity index (χ0n) is 16.0. The maximum Gasteiger partial charge on any atom is 0.334 e. The monoisotopic (exact) mass is 405 g/mol. The fraction of sp³-hybridized carbons (Fsp3) is 0.286. The molecule has 9 nitrogen and oxygen atoms in total. The molecule has 30 heavy (non-hydrogen) atoms. The van der Waals surface area contributed by atoms with Gasteiger partial charge in [0.2, 0.25) is 0 Å². The lowest BCUT2D eigenvalue weighted by Gasteiger charge is -2.42. The molecule has 5 rings (SSSR count). The van der Waals surface area contributed by atoms with Gasteiger partial charge in [-0.3, -0.25) is 24.8 Å². The van der Waals surface area contributed by atoms with Crippen molar-refractivity contribution < 1.29 is 9.72 Å². The summed E-state index contributed by atoms with van der Waals surface area (Å²) in [5.74, 6) is -0.0695. The number of piperidine rings is 1. The fourth-order valence-electron chi connectivity index (χ4n) is 4.60. The molecular weight excluding hydrogens is 386 g/mol. The SMILES string of the molecule is O=C(c1cc(-c2ccccc2)n[nH]1)N1C[C@@H]2C[C@@H](C1)c1ccc([N+](=O)[O-])c(=O)n1C2. The van der Waals surface area contributed by atoms with Gasteiger partial charge in [-0.1, -0.05) is 30.3 Å². The fourth-order valence-corrected chi connectivity index (χ4v) is 4.60. The molecule has 0 unspecified atom stereocenters. The van der Waals surface area contributed by atoms with E-state index in [2.05, 4.69) is 10.2 Å². The zero-order chi connectivity index (χ0) is 20.8. The van der Waals surface area contributed by atoms with E-state index in [1.807, 2.05) is 30.3 Å². The Morgan fingerprint density at radius 2 is 1.93 bits per heavy atom. The highest BCUT2D eigenvalue weighted by atomic mass is 16.6.